The number of nitrogens with one attached hydrogen (secondary N) is 1. The molecule has 130 valence electrons. The van der Waals surface area contributed by atoms with E-state index in [0.29, 0.717) is 5.56 Å². The molecule has 0 atom stereocenters. The van der Waals surface area contributed by atoms with E-state index < -0.39 is 30.1 Å². The number of aryl methyl sites for hydroxylation is 2. The minimum absolute atomic E-state index is 0.118. The maximum absolute atomic E-state index is 13.0. The Labute approximate surface area is 144 Å². The number of hydrogen-bond acceptors (Lipinski definition) is 4. The number of rotatable bonds is 6. The maximum atomic E-state index is 13.0. The third-order valence-electron chi connectivity index (χ3n) is 3.67. The summed E-state index contributed by atoms with van der Waals surface area (Å²) in [6, 6.07) is 10.3. The summed E-state index contributed by atoms with van der Waals surface area (Å²) >= 11 is 0. The number of esters is 1. The van der Waals surface area contributed by atoms with Crippen LogP contribution in [0.5, 0.6) is 0 Å². The number of Topliss-reactive ketones (excluding diaryl/α,β-unsaturated/α-hetero) is 1. The predicted molar refractivity (Wildman–Crippen MR) is 89.9 cm³/mol. The molecular formula is C19H18FNO4. The molecule has 25 heavy (non-hydrogen) atoms. The molecule has 6 heteroatoms. The normalized spacial score (nSPS) is 10.2. The molecule has 0 aliphatic rings. The first-order valence-corrected chi connectivity index (χ1v) is 7.66. The number of carbonyl (C=O) groups excluding carboxylic acids is 3. The van der Waals surface area contributed by atoms with Crippen LogP contribution in [0.15, 0.2) is 42.5 Å². The number of ether oxygens (including phenoxy) is 1. The fourth-order valence-electron chi connectivity index (χ4n) is 2.08. The molecule has 0 fully saturated rings. The molecule has 2 rings (SSSR count). The van der Waals surface area contributed by atoms with Crippen molar-refractivity contribution in [3.8, 4) is 0 Å². The van der Waals surface area contributed by atoms with Gasteiger partial charge in [0.1, 0.15) is 12.4 Å². The van der Waals surface area contributed by atoms with Crippen LogP contribution in [0, 0.1) is 19.7 Å². The third-order valence-corrected chi connectivity index (χ3v) is 3.67. The van der Waals surface area contributed by atoms with Crippen LogP contribution in [-0.4, -0.2) is 30.8 Å². The van der Waals surface area contributed by atoms with Crippen molar-refractivity contribution in [1.29, 1.82) is 0 Å². The molecule has 2 aromatic rings. The molecule has 0 bridgehead atoms. The number of ketones is 1. The van der Waals surface area contributed by atoms with Crippen LogP contribution in [-0.2, 0) is 9.53 Å². The lowest BCUT2D eigenvalue weighted by Gasteiger charge is -2.08. The van der Waals surface area contributed by atoms with Gasteiger partial charge in [0, 0.05) is 11.1 Å². The zero-order valence-electron chi connectivity index (χ0n) is 14.0. The molecule has 2 aromatic carbocycles. The average Bonchev–Trinajstić information content (AvgIpc) is 2.59. The number of halogens is 1. The van der Waals surface area contributed by atoms with Gasteiger partial charge in [0.05, 0.1) is 0 Å². The van der Waals surface area contributed by atoms with Crippen molar-refractivity contribution in [2.24, 2.45) is 0 Å². The Morgan fingerprint density at radius 1 is 1.00 bits per heavy atom. The lowest BCUT2D eigenvalue weighted by atomic mass is 10.1. The van der Waals surface area contributed by atoms with Gasteiger partial charge in [-0.3, -0.25) is 14.4 Å². The second-order valence-corrected chi connectivity index (χ2v) is 5.58. The van der Waals surface area contributed by atoms with Gasteiger partial charge in [-0.15, -0.1) is 0 Å². The summed E-state index contributed by atoms with van der Waals surface area (Å²) < 4.78 is 17.8. The van der Waals surface area contributed by atoms with Gasteiger partial charge in [0.25, 0.3) is 5.91 Å². The van der Waals surface area contributed by atoms with E-state index in [1.165, 1.54) is 18.2 Å². The summed E-state index contributed by atoms with van der Waals surface area (Å²) in [4.78, 5) is 35.4. The molecule has 0 saturated carbocycles. The topological polar surface area (TPSA) is 72.5 Å². The first-order valence-electron chi connectivity index (χ1n) is 7.66. The molecule has 0 heterocycles. The zero-order chi connectivity index (χ0) is 18.4. The molecule has 0 saturated heterocycles. The van der Waals surface area contributed by atoms with Crippen LogP contribution in [0.25, 0.3) is 0 Å². The molecule has 5 nitrogen and oxygen atoms in total. The van der Waals surface area contributed by atoms with E-state index in [9.17, 15) is 18.8 Å². The second kappa shape index (κ2) is 8.19. The minimum atomic E-state index is -0.748. The maximum Gasteiger partial charge on any atom is 0.325 e. The second-order valence-electron chi connectivity index (χ2n) is 5.58. The molecular weight excluding hydrogens is 325 g/mol. The summed E-state index contributed by atoms with van der Waals surface area (Å²) in [6.45, 7) is 2.95. The van der Waals surface area contributed by atoms with E-state index in [4.69, 9.17) is 4.74 Å². The number of amides is 1. The van der Waals surface area contributed by atoms with E-state index >= 15 is 0 Å². The summed E-state index contributed by atoms with van der Waals surface area (Å²) in [5.74, 6) is -2.22. The van der Waals surface area contributed by atoms with Gasteiger partial charge in [0.15, 0.2) is 12.4 Å². The molecule has 0 aliphatic carbocycles. The Balaban J connectivity index is 1.81. The van der Waals surface area contributed by atoms with Crippen molar-refractivity contribution in [3.05, 3.63) is 70.5 Å². The Morgan fingerprint density at radius 3 is 2.44 bits per heavy atom. The summed E-state index contributed by atoms with van der Waals surface area (Å²) in [7, 11) is 0. The molecule has 0 spiro atoms. The van der Waals surface area contributed by atoms with E-state index in [1.807, 2.05) is 19.9 Å². The predicted octanol–water partition coefficient (Wildman–Crippen LogP) is 2.60. The van der Waals surface area contributed by atoms with Crippen molar-refractivity contribution in [3.63, 3.8) is 0 Å². The first kappa shape index (κ1) is 18.3. The van der Waals surface area contributed by atoms with Crippen LogP contribution < -0.4 is 5.32 Å². The van der Waals surface area contributed by atoms with Crippen molar-refractivity contribution >= 4 is 17.7 Å². The van der Waals surface area contributed by atoms with E-state index in [2.05, 4.69) is 5.32 Å². The third kappa shape index (κ3) is 5.24. The van der Waals surface area contributed by atoms with Crippen LogP contribution in [0.1, 0.15) is 31.8 Å². The Morgan fingerprint density at radius 2 is 1.76 bits per heavy atom. The SMILES string of the molecule is Cc1ccc(C(=O)NCC(=O)OCC(=O)c2cccc(F)c2)cc1C. The smallest absolute Gasteiger partial charge is 0.325 e. The van der Waals surface area contributed by atoms with Crippen molar-refractivity contribution in [2.75, 3.05) is 13.2 Å². The van der Waals surface area contributed by atoms with Gasteiger partial charge < -0.3 is 10.1 Å². The Kier molecular flexibility index (Phi) is 6.00. The van der Waals surface area contributed by atoms with Gasteiger partial charge in [0.2, 0.25) is 0 Å². The highest BCUT2D eigenvalue weighted by atomic mass is 19.1. The van der Waals surface area contributed by atoms with E-state index in [1.54, 1.807) is 12.1 Å². The highest BCUT2D eigenvalue weighted by molar-refractivity contribution is 5.98. The first-order chi connectivity index (χ1) is 11.9. The lowest BCUT2D eigenvalue weighted by molar-refractivity contribution is -0.141. The molecule has 0 aromatic heterocycles. The summed E-state index contributed by atoms with van der Waals surface area (Å²) in [5.41, 5.74) is 2.58. The van der Waals surface area contributed by atoms with Gasteiger partial charge in [-0.1, -0.05) is 18.2 Å². The van der Waals surface area contributed by atoms with Crippen LogP contribution >= 0.6 is 0 Å². The molecule has 1 N–H and O–H groups in total. The molecule has 0 aliphatic heterocycles. The highest BCUT2D eigenvalue weighted by Gasteiger charge is 2.13. The molecule has 0 unspecified atom stereocenters. The summed E-state index contributed by atoms with van der Waals surface area (Å²) in [5, 5.41) is 2.43. The number of hydrogen-bond donors (Lipinski definition) is 1. The van der Waals surface area contributed by atoms with Crippen molar-refractivity contribution < 1.29 is 23.5 Å². The van der Waals surface area contributed by atoms with Crippen molar-refractivity contribution in [1.82, 2.24) is 5.32 Å². The quantitative estimate of drug-likeness (QED) is 0.646. The Bertz CT molecular complexity index is 817. The minimum Gasteiger partial charge on any atom is -0.456 e. The van der Waals surface area contributed by atoms with Crippen molar-refractivity contribution in [2.45, 2.75) is 13.8 Å². The highest BCUT2D eigenvalue weighted by Crippen LogP contribution is 2.09. The fraction of sp³-hybridized carbons (Fsp3) is 0.211. The monoisotopic (exact) mass is 343 g/mol. The molecule has 1 amide bonds. The Hall–Kier alpha value is -3.02. The van der Waals surface area contributed by atoms with Crippen LogP contribution in [0.3, 0.4) is 0 Å². The fourth-order valence-corrected chi connectivity index (χ4v) is 2.08. The average molecular weight is 343 g/mol. The lowest BCUT2D eigenvalue weighted by Crippen LogP contribution is -2.31. The van der Waals surface area contributed by atoms with E-state index in [-0.39, 0.29) is 12.1 Å². The standard InChI is InChI=1S/C19H18FNO4/c1-12-6-7-15(8-13(12)2)19(24)21-10-18(23)25-11-17(22)14-4-3-5-16(20)9-14/h3-9H,10-11H2,1-2H3,(H,21,24). The number of benzene rings is 2. The summed E-state index contributed by atoms with van der Waals surface area (Å²) in [6.07, 6.45) is 0. The van der Waals surface area contributed by atoms with Gasteiger partial charge in [-0.05, 0) is 49.2 Å². The zero-order valence-corrected chi connectivity index (χ0v) is 14.0. The van der Waals surface area contributed by atoms with Gasteiger partial charge in [-0.25, -0.2) is 4.39 Å². The molecule has 0 radical (unpaired) electrons. The van der Waals surface area contributed by atoms with Gasteiger partial charge >= 0.3 is 5.97 Å². The van der Waals surface area contributed by atoms with Crippen LogP contribution in [0.4, 0.5) is 4.39 Å². The number of carbonyl (C=O) groups is 3. The largest absolute Gasteiger partial charge is 0.456 e. The van der Waals surface area contributed by atoms with Gasteiger partial charge in [-0.2, -0.15) is 0 Å². The van der Waals surface area contributed by atoms with Crippen LogP contribution in [0.2, 0.25) is 0 Å². The van der Waals surface area contributed by atoms with E-state index in [0.717, 1.165) is 17.2 Å².